The molecule has 7 heteroatoms. The zero-order valence-electron chi connectivity index (χ0n) is 9.91. The van der Waals surface area contributed by atoms with Crippen LogP contribution >= 0.6 is 0 Å². The molecule has 0 saturated carbocycles. The number of carbonyl (C=O) groups is 2. The summed E-state index contributed by atoms with van der Waals surface area (Å²) in [6.45, 7) is 1.81. The summed E-state index contributed by atoms with van der Waals surface area (Å²) < 4.78 is 1.19. The van der Waals surface area contributed by atoms with Crippen molar-refractivity contribution in [2.75, 3.05) is 0 Å². The van der Waals surface area contributed by atoms with Gasteiger partial charge in [-0.25, -0.2) is 4.68 Å². The minimum absolute atomic E-state index is 0.207. The van der Waals surface area contributed by atoms with Gasteiger partial charge in [0.15, 0.2) is 0 Å². The number of allylic oxidation sites excluding steroid dienone is 3. The number of nitrogens with zero attached hydrogens (tertiary/aromatic N) is 3. The lowest BCUT2D eigenvalue weighted by Crippen LogP contribution is -2.20. The van der Waals surface area contributed by atoms with Crippen LogP contribution in [0.15, 0.2) is 30.5 Å². The van der Waals surface area contributed by atoms with Gasteiger partial charge in [-0.1, -0.05) is 23.4 Å². The fourth-order valence-corrected chi connectivity index (χ4v) is 1.13. The van der Waals surface area contributed by atoms with Crippen LogP contribution < -0.4 is 5.32 Å². The minimum atomic E-state index is -0.996. The van der Waals surface area contributed by atoms with E-state index in [2.05, 4.69) is 15.6 Å². The number of aromatic nitrogens is 3. The van der Waals surface area contributed by atoms with Gasteiger partial charge in [0.2, 0.25) is 5.91 Å². The Morgan fingerprint density at radius 2 is 2.28 bits per heavy atom. The van der Waals surface area contributed by atoms with E-state index < -0.39 is 5.97 Å². The molecular formula is C11H14N4O3. The summed E-state index contributed by atoms with van der Waals surface area (Å²) in [5, 5.41) is 18.5. The summed E-state index contributed by atoms with van der Waals surface area (Å²) in [7, 11) is 0. The summed E-state index contributed by atoms with van der Waals surface area (Å²) in [4.78, 5) is 21.7. The Bertz CT molecular complexity index is 476. The predicted molar refractivity (Wildman–Crippen MR) is 63.5 cm³/mol. The van der Waals surface area contributed by atoms with E-state index >= 15 is 0 Å². The van der Waals surface area contributed by atoms with E-state index in [0.29, 0.717) is 5.69 Å². The molecule has 18 heavy (non-hydrogen) atoms. The van der Waals surface area contributed by atoms with Crippen LogP contribution in [0.1, 0.15) is 12.6 Å². The second-order valence-electron chi connectivity index (χ2n) is 3.40. The molecule has 0 aromatic carbocycles. The Hall–Kier alpha value is -2.44. The van der Waals surface area contributed by atoms with E-state index in [1.54, 1.807) is 18.2 Å². The van der Waals surface area contributed by atoms with Crippen LogP contribution in [0.3, 0.4) is 0 Å². The first-order valence-corrected chi connectivity index (χ1v) is 5.30. The number of carboxylic acids is 1. The highest BCUT2D eigenvalue weighted by Crippen LogP contribution is 1.92. The first-order valence-electron chi connectivity index (χ1n) is 5.30. The van der Waals surface area contributed by atoms with Crippen molar-refractivity contribution in [3.8, 4) is 0 Å². The van der Waals surface area contributed by atoms with Crippen LogP contribution in [0.4, 0.5) is 0 Å². The Labute approximate surface area is 104 Å². The van der Waals surface area contributed by atoms with Gasteiger partial charge >= 0.3 is 5.97 Å². The molecule has 1 rings (SSSR count). The molecule has 0 fully saturated rings. The van der Waals surface area contributed by atoms with Crippen molar-refractivity contribution in [1.82, 2.24) is 20.3 Å². The van der Waals surface area contributed by atoms with Crippen molar-refractivity contribution >= 4 is 11.9 Å². The maximum atomic E-state index is 11.3. The Morgan fingerprint density at radius 1 is 1.50 bits per heavy atom. The van der Waals surface area contributed by atoms with Gasteiger partial charge < -0.3 is 10.4 Å². The van der Waals surface area contributed by atoms with Gasteiger partial charge in [0.05, 0.1) is 12.7 Å². The zero-order chi connectivity index (χ0) is 13.4. The molecule has 1 heterocycles. The first-order chi connectivity index (χ1) is 8.61. The first kappa shape index (κ1) is 13.6. The van der Waals surface area contributed by atoms with E-state index in [1.807, 2.05) is 6.92 Å². The molecule has 0 aliphatic heterocycles. The largest absolute Gasteiger partial charge is 0.480 e. The van der Waals surface area contributed by atoms with Crippen molar-refractivity contribution in [2.24, 2.45) is 0 Å². The molecule has 1 aromatic heterocycles. The van der Waals surface area contributed by atoms with E-state index in [0.717, 1.165) is 0 Å². The lowest BCUT2D eigenvalue weighted by atomic mass is 10.4. The molecule has 1 amide bonds. The number of amides is 1. The van der Waals surface area contributed by atoms with Crippen LogP contribution in [0.2, 0.25) is 0 Å². The molecule has 1 aromatic rings. The normalized spacial score (nSPS) is 11.2. The molecule has 7 nitrogen and oxygen atoms in total. The summed E-state index contributed by atoms with van der Waals surface area (Å²) in [6, 6.07) is 0. The number of carbonyl (C=O) groups excluding carboxylic acids is 1. The fourth-order valence-electron chi connectivity index (χ4n) is 1.13. The van der Waals surface area contributed by atoms with Gasteiger partial charge in [0.1, 0.15) is 12.2 Å². The van der Waals surface area contributed by atoms with Crippen molar-refractivity contribution in [3.63, 3.8) is 0 Å². The smallest absolute Gasteiger partial charge is 0.325 e. The molecule has 0 atom stereocenters. The second kappa shape index (κ2) is 7.00. The fraction of sp³-hybridized carbons (Fsp3) is 0.273. The van der Waals surface area contributed by atoms with E-state index in [4.69, 9.17) is 5.11 Å². The van der Waals surface area contributed by atoms with E-state index in [-0.39, 0.29) is 19.0 Å². The molecular weight excluding hydrogens is 236 g/mol. The maximum absolute atomic E-state index is 11.3. The highest BCUT2D eigenvalue weighted by Gasteiger charge is 2.04. The standard InChI is InChI=1S/C11H14N4O3/c1-2-3-4-5-10(16)12-6-9-7-15(14-13-9)8-11(17)18/h2-5,7H,6,8H2,1H3,(H,12,16)(H,17,18). The van der Waals surface area contributed by atoms with Crippen molar-refractivity contribution in [1.29, 1.82) is 0 Å². The van der Waals surface area contributed by atoms with Crippen LogP contribution in [-0.2, 0) is 22.7 Å². The third-order valence-corrected chi connectivity index (χ3v) is 1.88. The Balaban J connectivity index is 2.41. The van der Waals surface area contributed by atoms with Gasteiger partial charge in [-0.3, -0.25) is 9.59 Å². The van der Waals surface area contributed by atoms with Crippen molar-refractivity contribution in [2.45, 2.75) is 20.0 Å². The average molecular weight is 250 g/mol. The molecule has 0 saturated heterocycles. The van der Waals surface area contributed by atoms with Gasteiger partial charge in [0, 0.05) is 6.08 Å². The number of aliphatic carboxylic acids is 1. The third-order valence-electron chi connectivity index (χ3n) is 1.88. The monoisotopic (exact) mass is 250 g/mol. The maximum Gasteiger partial charge on any atom is 0.325 e. The number of rotatable bonds is 6. The molecule has 0 spiro atoms. The van der Waals surface area contributed by atoms with E-state index in [9.17, 15) is 9.59 Å². The van der Waals surface area contributed by atoms with Crippen molar-refractivity contribution < 1.29 is 14.7 Å². The van der Waals surface area contributed by atoms with Gasteiger partial charge in [-0.05, 0) is 6.92 Å². The number of hydrogen-bond donors (Lipinski definition) is 2. The highest BCUT2D eigenvalue weighted by atomic mass is 16.4. The average Bonchev–Trinajstić information content (AvgIpc) is 2.73. The molecule has 0 aliphatic carbocycles. The number of carboxylic acid groups (broad SMARTS) is 1. The molecule has 0 bridgehead atoms. The summed E-state index contributed by atoms with van der Waals surface area (Å²) in [6.07, 6.45) is 8.03. The van der Waals surface area contributed by atoms with Crippen LogP contribution in [0, 0.1) is 0 Å². The summed E-state index contributed by atoms with van der Waals surface area (Å²) in [5.74, 6) is -1.24. The predicted octanol–water partition coefficient (Wildman–Crippen LogP) is 0.111. The summed E-state index contributed by atoms with van der Waals surface area (Å²) in [5.41, 5.74) is 0.504. The molecule has 0 unspecified atom stereocenters. The zero-order valence-corrected chi connectivity index (χ0v) is 9.91. The van der Waals surface area contributed by atoms with Crippen LogP contribution in [0.25, 0.3) is 0 Å². The Kier molecular flexibility index (Phi) is 5.30. The van der Waals surface area contributed by atoms with Crippen LogP contribution in [0.5, 0.6) is 0 Å². The SMILES string of the molecule is CC=CC=CC(=O)NCc1cn(CC(=O)O)nn1. The molecule has 2 N–H and O–H groups in total. The highest BCUT2D eigenvalue weighted by molar-refractivity contribution is 5.87. The van der Waals surface area contributed by atoms with Gasteiger partial charge in [-0.2, -0.15) is 0 Å². The van der Waals surface area contributed by atoms with Crippen LogP contribution in [-0.4, -0.2) is 32.0 Å². The number of nitrogens with one attached hydrogen (secondary N) is 1. The topological polar surface area (TPSA) is 97.1 Å². The van der Waals surface area contributed by atoms with Gasteiger partial charge in [0.25, 0.3) is 0 Å². The minimum Gasteiger partial charge on any atom is -0.480 e. The molecule has 96 valence electrons. The third kappa shape index (κ3) is 5.06. The lowest BCUT2D eigenvalue weighted by Gasteiger charge is -1.96. The van der Waals surface area contributed by atoms with Gasteiger partial charge in [-0.15, -0.1) is 5.10 Å². The van der Waals surface area contributed by atoms with E-state index in [1.165, 1.54) is 17.0 Å². The Morgan fingerprint density at radius 3 is 2.94 bits per heavy atom. The molecule has 0 aliphatic rings. The number of hydrogen-bond acceptors (Lipinski definition) is 4. The molecule has 0 radical (unpaired) electrons. The summed E-state index contributed by atoms with van der Waals surface area (Å²) >= 11 is 0. The second-order valence-corrected chi connectivity index (χ2v) is 3.40. The quantitative estimate of drug-likeness (QED) is 0.551. The lowest BCUT2D eigenvalue weighted by molar-refractivity contribution is -0.137. The van der Waals surface area contributed by atoms with Crippen molar-refractivity contribution in [3.05, 3.63) is 36.2 Å².